The number of esters is 1. The van der Waals surface area contributed by atoms with E-state index in [2.05, 4.69) is 4.98 Å². The summed E-state index contributed by atoms with van der Waals surface area (Å²) in [5.74, 6) is -0.378. The zero-order valence-corrected chi connectivity index (χ0v) is 9.60. The van der Waals surface area contributed by atoms with E-state index in [-0.39, 0.29) is 5.97 Å². The fourth-order valence-corrected chi connectivity index (χ4v) is 1.26. The molecule has 0 saturated carbocycles. The molecule has 0 N–H and O–H groups in total. The smallest absolute Gasteiger partial charge is 0.338 e. The van der Waals surface area contributed by atoms with Crippen molar-refractivity contribution < 1.29 is 19.0 Å². The van der Waals surface area contributed by atoms with Crippen molar-refractivity contribution >= 4 is 5.97 Å². The fourth-order valence-electron chi connectivity index (χ4n) is 1.26. The maximum Gasteiger partial charge on any atom is 0.338 e. The predicted molar refractivity (Wildman–Crippen MR) is 57.0 cm³/mol. The van der Waals surface area contributed by atoms with Crippen molar-refractivity contribution in [1.82, 2.24) is 4.98 Å². The number of hydrogen-bond donors (Lipinski definition) is 0. The lowest BCUT2D eigenvalue weighted by Gasteiger charge is -2.12. The standard InChI is InChI=1S/C11H15NO4/c1-4-16-10(13)8-5-6-12-9(7-8)11(14-2)15-3/h5-7,11H,4H2,1-3H3. The van der Waals surface area contributed by atoms with Crippen LogP contribution in [0.1, 0.15) is 29.3 Å². The molecule has 1 rings (SSSR count). The summed E-state index contributed by atoms with van der Waals surface area (Å²) in [4.78, 5) is 15.5. The first-order valence-electron chi connectivity index (χ1n) is 4.91. The number of methoxy groups -OCH3 is 2. The lowest BCUT2D eigenvalue weighted by molar-refractivity contribution is -0.108. The summed E-state index contributed by atoms with van der Waals surface area (Å²) < 4.78 is 15.0. The highest BCUT2D eigenvalue weighted by molar-refractivity contribution is 5.89. The Hall–Kier alpha value is -1.46. The second-order valence-corrected chi connectivity index (χ2v) is 2.99. The predicted octanol–water partition coefficient (Wildman–Crippen LogP) is 1.55. The quantitative estimate of drug-likeness (QED) is 0.562. The summed E-state index contributed by atoms with van der Waals surface area (Å²) in [7, 11) is 3.01. The molecule has 0 fully saturated rings. The minimum absolute atomic E-state index is 0.342. The van der Waals surface area contributed by atoms with Gasteiger partial charge in [0.25, 0.3) is 0 Å². The van der Waals surface area contributed by atoms with Gasteiger partial charge < -0.3 is 14.2 Å². The van der Waals surface area contributed by atoms with Gasteiger partial charge in [-0.25, -0.2) is 4.79 Å². The fraction of sp³-hybridized carbons (Fsp3) is 0.455. The van der Waals surface area contributed by atoms with E-state index in [0.29, 0.717) is 17.9 Å². The number of ether oxygens (including phenoxy) is 3. The van der Waals surface area contributed by atoms with Crippen LogP contribution in [0.4, 0.5) is 0 Å². The zero-order chi connectivity index (χ0) is 12.0. The van der Waals surface area contributed by atoms with E-state index in [0.717, 1.165) is 0 Å². The van der Waals surface area contributed by atoms with Gasteiger partial charge in [0.1, 0.15) is 0 Å². The molecule has 0 aliphatic rings. The highest BCUT2D eigenvalue weighted by Crippen LogP contribution is 2.16. The third-order valence-corrected chi connectivity index (χ3v) is 1.96. The van der Waals surface area contributed by atoms with E-state index in [1.807, 2.05) is 0 Å². The summed E-state index contributed by atoms with van der Waals surface area (Å²) in [5.41, 5.74) is 0.974. The van der Waals surface area contributed by atoms with Crippen molar-refractivity contribution in [1.29, 1.82) is 0 Å². The van der Waals surface area contributed by atoms with Crippen molar-refractivity contribution in [2.45, 2.75) is 13.2 Å². The van der Waals surface area contributed by atoms with E-state index >= 15 is 0 Å². The molecule has 0 unspecified atom stereocenters. The molecule has 1 aromatic heterocycles. The molecule has 1 heterocycles. The number of nitrogens with zero attached hydrogens (tertiary/aromatic N) is 1. The average molecular weight is 225 g/mol. The molecule has 0 atom stereocenters. The molecule has 0 amide bonds. The van der Waals surface area contributed by atoms with Crippen LogP contribution in [0, 0.1) is 0 Å². The maximum atomic E-state index is 11.5. The normalized spacial score (nSPS) is 10.5. The van der Waals surface area contributed by atoms with Crippen LogP contribution in [0.15, 0.2) is 18.3 Å². The third-order valence-electron chi connectivity index (χ3n) is 1.96. The van der Waals surface area contributed by atoms with Crippen LogP contribution in [0.2, 0.25) is 0 Å². The zero-order valence-electron chi connectivity index (χ0n) is 9.60. The molecule has 0 spiro atoms. The minimum atomic E-state index is -0.575. The molecule has 5 nitrogen and oxygen atoms in total. The van der Waals surface area contributed by atoms with Crippen LogP contribution < -0.4 is 0 Å². The van der Waals surface area contributed by atoms with Gasteiger partial charge in [-0.05, 0) is 19.1 Å². The molecule has 0 radical (unpaired) electrons. The first-order valence-corrected chi connectivity index (χ1v) is 4.91. The van der Waals surface area contributed by atoms with Crippen LogP contribution in [0.3, 0.4) is 0 Å². The first kappa shape index (κ1) is 12.6. The molecule has 5 heteroatoms. The van der Waals surface area contributed by atoms with E-state index in [1.54, 1.807) is 19.1 Å². The Bertz CT molecular complexity index is 350. The van der Waals surface area contributed by atoms with Crippen molar-refractivity contribution in [3.63, 3.8) is 0 Å². The van der Waals surface area contributed by atoms with Gasteiger partial charge in [0.15, 0.2) is 0 Å². The van der Waals surface area contributed by atoms with Gasteiger partial charge in [0, 0.05) is 20.4 Å². The Morgan fingerprint density at radius 1 is 1.44 bits per heavy atom. The van der Waals surface area contributed by atoms with Crippen molar-refractivity contribution in [3.8, 4) is 0 Å². The van der Waals surface area contributed by atoms with Crippen molar-refractivity contribution in [3.05, 3.63) is 29.6 Å². The maximum absolute atomic E-state index is 11.5. The van der Waals surface area contributed by atoms with Crippen LogP contribution in [0.5, 0.6) is 0 Å². The summed E-state index contributed by atoms with van der Waals surface area (Å²) in [5, 5.41) is 0. The Balaban J connectivity index is 2.89. The summed E-state index contributed by atoms with van der Waals surface area (Å²) in [6, 6.07) is 3.18. The number of carbonyl (C=O) groups is 1. The summed E-state index contributed by atoms with van der Waals surface area (Å²) in [6.07, 6.45) is 0.946. The van der Waals surface area contributed by atoms with E-state index in [9.17, 15) is 4.79 Å². The number of rotatable bonds is 5. The molecule has 0 bridgehead atoms. The summed E-state index contributed by atoms with van der Waals surface area (Å²) >= 11 is 0. The van der Waals surface area contributed by atoms with Gasteiger partial charge in [-0.1, -0.05) is 0 Å². The SMILES string of the molecule is CCOC(=O)c1ccnc(C(OC)OC)c1. The average Bonchev–Trinajstić information content (AvgIpc) is 2.31. The van der Waals surface area contributed by atoms with Gasteiger partial charge in [0.2, 0.25) is 6.29 Å². The molecule has 0 aliphatic heterocycles. The Morgan fingerprint density at radius 2 is 2.12 bits per heavy atom. The monoisotopic (exact) mass is 225 g/mol. The number of carbonyl (C=O) groups excluding carboxylic acids is 1. The third kappa shape index (κ3) is 3.01. The highest BCUT2D eigenvalue weighted by Gasteiger charge is 2.14. The van der Waals surface area contributed by atoms with Crippen LogP contribution in [-0.2, 0) is 14.2 Å². The van der Waals surface area contributed by atoms with Crippen LogP contribution >= 0.6 is 0 Å². The number of hydrogen-bond acceptors (Lipinski definition) is 5. The largest absolute Gasteiger partial charge is 0.462 e. The molecule has 1 aromatic rings. The van der Waals surface area contributed by atoms with Crippen molar-refractivity contribution in [2.24, 2.45) is 0 Å². The topological polar surface area (TPSA) is 57.7 Å². The number of aromatic nitrogens is 1. The van der Waals surface area contributed by atoms with Crippen LogP contribution in [0.25, 0.3) is 0 Å². The lowest BCUT2D eigenvalue weighted by atomic mass is 10.2. The summed E-state index contributed by atoms with van der Waals surface area (Å²) in [6.45, 7) is 2.10. The highest BCUT2D eigenvalue weighted by atomic mass is 16.7. The molecule has 16 heavy (non-hydrogen) atoms. The molecule has 0 aromatic carbocycles. The second-order valence-electron chi connectivity index (χ2n) is 2.99. The Labute approximate surface area is 94.3 Å². The van der Waals surface area contributed by atoms with Crippen molar-refractivity contribution in [2.75, 3.05) is 20.8 Å². The first-order chi connectivity index (χ1) is 7.72. The molecule has 0 aliphatic carbocycles. The molecular weight excluding hydrogens is 210 g/mol. The Kier molecular flexibility index (Phi) is 4.88. The molecule has 88 valence electrons. The van der Waals surface area contributed by atoms with E-state index in [1.165, 1.54) is 20.4 Å². The molecule has 0 saturated heterocycles. The van der Waals surface area contributed by atoms with Gasteiger partial charge in [0.05, 0.1) is 17.9 Å². The van der Waals surface area contributed by atoms with Crippen LogP contribution in [-0.4, -0.2) is 31.8 Å². The van der Waals surface area contributed by atoms with E-state index < -0.39 is 6.29 Å². The van der Waals surface area contributed by atoms with Gasteiger partial charge in [-0.15, -0.1) is 0 Å². The Morgan fingerprint density at radius 3 is 2.69 bits per heavy atom. The van der Waals surface area contributed by atoms with Gasteiger partial charge in [-0.3, -0.25) is 4.98 Å². The van der Waals surface area contributed by atoms with Gasteiger partial charge in [-0.2, -0.15) is 0 Å². The second kappa shape index (κ2) is 6.19. The van der Waals surface area contributed by atoms with Gasteiger partial charge >= 0.3 is 5.97 Å². The molecular formula is C11H15NO4. The van der Waals surface area contributed by atoms with E-state index in [4.69, 9.17) is 14.2 Å². The lowest BCUT2D eigenvalue weighted by Crippen LogP contribution is -2.09. The number of pyridine rings is 1. The minimum Gasteiger partial charge on any atom is -0.462 e.